The zero-order valence-electron chi connectivity index (χ0n) is 19.3. The van der Waals surface area contributed by atoms with Crippen molar-refractivity contribution in [1.82, 2.24) is 20.1 Å². The van der Waals surface area contributed by atoms with Crippen LogP contribution in [0.1, 0.15) is 40.3 Å². The maximum absolute atomic E-state index is 12.5. The Kier molecular flexibility index (Phi) is 7.26. The lowest BCUT2D eigenvalue weighted by atomic mass is 10.1. The number of amides is 1. The molecule has 2 aromatic rings. The zero-order chi connectivity index (χ0) is 23.3. The van der Waals surface area contributed by atoms with Crippen molar-refractivity contribution in [3.8, 4) is 17.3 Å². The van der Waals surface area contributed by atoms with Gasteiger partial charge >= 0.3 is 6.09 Å². The number of likely N-dealkylation sites (tertiary alicyclic amines) is 1. The van der Waals surface area contributed by atoms with Crippen LogP contribution in [0.5, 0.6) is 0 Å². The van der Waals surface area contributed by atoms with Gasteiger partial charge in [-0.25, -0.2) is 9.78 Å². The summed E-state index contributed by atoms with van der Waals surface area (Å²) in [5, 5.41) is 17.8. The summed E-state index contributed by atoms with van der Waals surface area (Å²) in [6.07, 6.45) is 1.17. The molecule has 2 saturated heterocycles. The molecule has 2 aromatic heterocycles. The number of anilines is 1. The molecule has 4 heterocycles. The fourth-order valence-corrected chi connectivity index (χ4v) is 3.73. The smallest absolute Gasteiger partial charge is 0.410 e. The van der Waals surface area contributed by atoms with Crippen LogP contribution >= 0.6 is 0 Å². The van der Waals surface area contributed by atoms with E-state index >= 15 is 0 Å². The molecule has 0 spiro atoms. The van der Waals surface area contributed by atoms with Crippen molar-refractivity contribution in [2.45, 2.75) is 52.4 Å². The summed E-state index contributed by atoms with van der Waals surface area (Å²) in [5.41, 5.74) is 1.26. The van der Waals surface area contributed by atoms with Gasteiger partial charge in [0.05, 0.1) is 31.0 Å². The third kappa shape index (κ3) is 5.32. The molecular weight excluding hydrogens is 408 g/mol. The van der Waals surface area contributed by atoms with Gasteiger partial charge in [-0.3, -0.25) is 0 Å². The topological polar surface area (TPSA) is 104 Å². The minimum atomic E-state index is -0.537. The highest BCUT2D eigenvalue weighted by Crippen LogP contribution is 2.28. The molecule has 9 heteroatoms. The van der Waals surface area contributed by atoms with Gasteiger partial charge in [0, 0.05) is 24.8 Å². The number of nitriles is 1. The molecule has 9 nitrogen and oxygen atoms in total. The molecule has 2 atom stereocenters. The number of ether oxygens (including phenoxy) is 2. The number of hydrogen-bond acceptors (Lipinski definition) is 8. The summed E-state index contributed by atoms with van der Waals surface area (Å²) in [7, 11) is 0. The van der Waals surface area contributed by atoms with Gasteiger partial charge in [0.15, 0.2) is 5.82 Å². The van der Waals surface area contributed by atoms with E-state index in [2.05, 4.69) is 20.1 Å². The summed E-state index contributed by atoms with van der Waals surface area (Å²) < 4.78 is 11.4. The standard InChI is InChI=1S/C21H24N6O3.C2H6/c1-21(2,3)30-20(28)26-12-17-18(13-26)29-9-8-27(17)19-5-4-16(24-25-19)14-6-7-23-15(10-14)11-22;1-2/h4-7,10,17-18H,8-9,12-13H2,1-3H3;1-2H3/t17-,18+;/m0./s1. The molecule has 0 saturated carbocycles. The Balaban J connectivity index is 0.00000141. The third-order valence-corrected chi connectivity index (χ3v) is 5.07. The lowest BCUT2D eigenvalue weighted by Gasteiger charge is -2.37. The number of pyridine rings is 1. The van der Waals surface area contributed by atoms with E-state index in [1.54, 1.807) is 23.2 Å². The fraction of sp³-hybridized carbons (Fsp3) is 0.522. The number of nitrogens with zero attached hydrogens (tertiary/aromatic N) is 6. The quantitative estimate of drug-likeness (QED) is 0.704. The molecule has 0 N–H and O–H groups in total. The van der Waals surface area contributed by atoms with Crippen molar-refractivity contribution in [2.24, 2.45) is 0 Å². The number of morpholine rings is 1. The van der Waals surface area contributed by atoms with Gasteiger partial charge in [0.25, 0.3) is 0 Å². The van der Waals surface area contributed by atoms with E-state index < -0.39 is 5.60 Å². The first-order chi connectivity index (χ1) is 15.3. The molecule has 0 aromatic carbocycles. The number of hydrogen-bond donors (Lipinski definition) is 0. The largest absolute Gasteiger partial charge is 0.444 e. The number of carbonyl (C=O) groups excluding carboxylic acids is 1. The van der Waals surface area contributed by atoms with E-state index in [4.69, 9.17) is 14.7 Å². The van der Waals surface area contributed by atoms with Crippen molar-refractivity contribution in [2.75, 3.05) is 31.1 Å². The minimum Gasteiger partial charge on any atom is -0.444 e. The molecule has 0 bridgehead atoms. The van der Waals surface area contributed by atoms with Crippen molar-refractivity contribution in [3.63, 3.8) is 0 Å². The number of carbonyl (C=O) groups is 1. The molecule has 4 rings (SSSR count). The first kappa shape index (κ1) is 23.4. The SMILES string of the molecule is CC.CC(C)(C)OC(=O)N1C[C@H]2OCCN(c3ccc(-c4ccnc(C#N)c4)nn3)[C@H]2C1. The van der Waals surface area contributed by atoms with Crippen LogP contribution in [-0.4, -0.2) is 70.2 Å². The van der Waals surface area contributed by atoms with Crippen molar-refractivity contribution < 1.29 is 14.3 Å². The lowest BCUT2D eigenvalue weighted by molar-refractivity contribution is 0.0162. The van der Waals surface area contributed by atoms with E-state index in [0.717, 1.165) is 11.4 Å². The van der Waals surface area contributed by atoms with Gasteiger partial charge in [-0.2, -0.15) is 5.26 Å². The number of aromatic nitrogens is 3. The molecule has 2 fully saturated rings. The maximum atomic E-state index is 12.5. The Morgan fingerprint density at radius 2 is 2.00 bits per heavy atom. The van der Waals surface area contributed by atoms with Gasteiger partial charge in [-0.05, 0) is 45.0 Å². The van der Waals surface area contributed by atoms with Crippen LogP contribution in [0.2, 0.25) is 0 Å². The molecule has 0 aliphatic carbocycles. The molecule has 0 unspecified atom stereocenters. The number of fused-ring (bicyclic) bond motifs is 1. The monoisotopic (exact) mass is 438 g/mol. The van der Waals surface area contributed by atoms with Crippen LogP contribution in [-0.2, 0) is 9.47 Å². The van der Waals surface area contributed by atoms with Crippen molar-refractivity contribution in [3.05, 3.63) is 36.2 Å². The summed E-state index contributed by atoms with van der Waals surface area (Å²) in [4.78, 5) is 20.3. The van der Waals surface area contributed by atoms with Crippen molar-refractivity contribution in [1.29, 1.82) is 5.26 Å². The van der Waals surface area contributed by atoms with Crippen LogP contribution in [0.3, 0.4) is 0 Å². The molecular formula is C23H30N6O3. The normalized spacial score (nSPS) is 20.0. The predicted molar refractivity (Wildman–Crippen MR) is 120 cm³/mol. The van der Waals surface area contributed by atoms with Gasteiger partial charge in [0.2, 0.25) is 0 Å². The second kappa shape index (κ2) is 9.92. The molecule has 2 aliphatic heterocycles. The average Bonchev–Trinajstić information content (AvgIpc) is 3.24. The molecule has 2 aliphatic rings. The van der Waals surface area contributed by atoms with Gasteiger partial charge in [-0.1, -0.05) is 13.8 Å². The van der Waals surface area contributed by atoms with E-state index in [1.165, 1.54) is 0 Å². The number of rotatable bonds is 2. The van der Waals surface area contributed by atoms with Crippen LogP contribution in [0.4, 0.5) is 10.6 Å². The Hall–Kier alpha value is -3.25. The van der Waals surface area contributed by atoms with E-state index in [1.807, 2.05) is 52.8 Å². The Morgan fingerprint density at radius 1 is 1.22 bits per heavy atom. The Bertz CT molecular complexity index is 967. The second-order valence-corrected chi connectivity index (χ2v) is 8.37. The first-order valence-electron chi connectivity index (χ1n) is 10.9. The van der Waals surface area contributed by atoms with E-state index in [9.17, 15) is 4.79 Å². The predicted octanol–water partition coefficient (Wildman–Crippen LogP) is 3.26. The van der Waals surface area contributed by atoms with Crippen LogP contribution in [0, 0.1) is 11.3 Å². The highest BCUT2D eigenvalue weighted by atomic mass is 16.6. The Labute approximate surface area is 189 Å². The zero-order valence-corrected chi connectivity index (χ0v) is 19.3. The average molecular weight is 439 g/mol. The minimum absolute atomic E-state index is 0.00228. The summed E-state index contributed by atoms with van der Waals surface area (Å²) in [5.74, 6) is 0.734. The maximum Gasteiger partial charge on any atom is 0.410 e. The first-order valence-corrected chi connectivity index (χ1v) is 10.9. The summed E-state index contributed by atoms with van der Waals surface area (Å²) >= 11 is 0. The fourth-order valence-electron chi connectivity index (χ4n) is 3.73. The van der Waals surface area contributed by atoms with Crippen LogP contribution in [0.25, 0.3) is 11.3 Å². The third-order valence-electron chi connectivity index (χ3n) is 5.07. The van der Waals surface area contributed by atoms with Crippen molar-refractivity contribution >= 4 is 11.9 Å². The second-order valence-electron chi connectivity index (χ2n) is 8.37. The van der Waals surface area contributed by atoms with Gasteiger partial charge < -0.3 is 19.3 Å². The van der Waals surface area contributed by atoms with Crippen LogP contribution in [0.15, 0.2) is 30.5 Å². The van der Waals surface area contributed by atoms with E-state index in [0.29, 0.717) is 37.6 Å². The Morgan fingerprint density at radius 3 is 2.66 bits per heavy atom. The van der Waals surface area contributed by atoms with Gasteiger partial charge in [-0.15, -0.1) is 10.2 Å². The molecule has 1 amide bonds. The van der Waals surface area contributed by atoms with E-state index in [-0.39, 0.29) is 18.2 Å². The summed E-state index contributed by atoms with van der Waals surface area (Å²) in [6, 6.07) is 9.30. The molecule has 32 heavy (non-hydrogen) atoms. The van der Waals surface area contributed by atoms with Gasteiger partial charge in [0.1, 0.15) is 17.4 Å². The molecule has 170 valence electrons. The molecule has 0 radical (unpaired) electrons. The highest BCUT2D eigenvalue weighted by molar-refractivity contribution is 5.69. The lowest BCUT2D eigenvalue weighted by Crippen LogP contribution is -2.51. The highest BCUT2D eigenvalue weighted by Gasteiger charge is 2.43. The van der Waals surface area contributed by atoms with Crippen LogP contribution < -0.4 is 4.90 Å². The summed E-state index contributed by atoms with van der Waals surface area (Å²) in [6.45, 7) is 11.8.